The molecule has 0 spiro atoms. The summed E-state index contributed by atoms with van der Waals surface area (Å²) in [5.41, 5.74) is 0. The fourth-order valence-corrected chi connectivity index (χ4v) is 1.70. The van der Waals surface area contributed by atoms with Crippen molar-refractivity contribution in [3.8, 4) is 0 Å². The molecule has 0 aromatic carbocycles. The van der Waals surface area contributed by atoms with Crippen molar-refractivity contribution in [2.45, 2.75) is 74.1 Å². The van der Waals surface area contributed by atoms with E-state index in [2.05, 4.69) is 0 Å². The Labute approximate surface area is 530 Å². The number of Topliss-reactive ketones (excluding diaryl/α,β-unsaturated/α-hetero) is 12. The van der Waals surface area contributed by atoms with Crippen molar-refractivity contribution in [1.29, 1.82) is 0 Å². The summed E-state index contributed by atoms with van der Waals surface area (Å²) in [6, 6.07) is 0. The quantitative estimate of drug-likeness (QED) is 0.0838. The first-order valence-corrected chi connectivity index (χ1v) is 16.6. The zero-order valence-corrected chi connectivity index (χ0v) is 42.7. The molecule has 0 fully saturated rings. The van der Waals surface area contributed by atoms with Gasteiger partial charge in [-0.25, -0.2) is 38.5 Å². The first-order chi connectivity index (χ1) is 35.3. The Morgan fingerprint density at radius 2 is 0.218 bits per heavy atom. The molecule has 0 unspecified atom stereocenters. The van der Waals surface area contributed by atoms with E-state index < -0.39 is 182 Å². The van der Waals surface area contributed by atoms with Gasteiger partial charge in [0.05, 0.1) is 0 Å². The molecule has 0 aromatic rings. The van der Waals surface area contributed by atoms with Crippen molar-refractivity contribution in [3.05, 3.63) is 38.5 Å². The zero-order valence-electron chi connectivity index (χ0n) is 39.3. The summed E-state index contributed by atoms with van der Waals surface area (Å²) in [7, 11) is 2.00. The summed E-state index contributed by atoms with van der Waals surface area (Å²) in [5, 5.41) is 14.0. The van der Waals surface area contributed by atoms with E-state index in [9.17, 15) is 216 Å². The number of carbonyl (C=O) groups is 12. The van der Waals surface area contributed by atoms with Gasteiger partial charge < -0.3 is 85.5 Å². The predicted octanol–water partition coefficient (Wildman–Crippen LogP) is 7.44. The fraction of sp³-hybridized carbons (Fsp3) is 0.438. The molecule has 0 aliphatic carbocycles. The standard InChI is InChI=1S/6C5HF6O2.2CH4O.2H3N.H2O.2Yb/c6*6-4(7,8)2(12)1-3(13)5(9,10)11;2*1-2;;;;;/h6*1H;2*2H,1H3;2*1H3;1H2;;/q6*-1;;;;;;2*+3. The number of carbonyl (C=O) groups excluding carboxylic acids is 12. The normalized spacial score (nSPS) is 11.3. The van der Waals surface area contributed by atoms with Crippen LogP contribution >= 0.6 is 0 Å². The molecule has 0 aromatic heterocycles. The number of ketones is 12. The van der Waals surface area contributed by atoms with Crippen LogP contribution in [0.1, 0.15) is 0 Å². The van der Waals surface area contributed by atoms with Gasteiger partial charge in [0.1, 0.15) is 69.4 Å². The number of hydrogen-bond donors (Lipinski definition) is 4. The third kappa shape index (κ3) is 61.6. The number of aliphatic hydroxyl groups excluding tert-OH is 2. The predicted molar refractivity (Wildman–Crippen MR) is 188 cm³/mol. The molecule has 0 rings (SSSR count). The number of alkyl halides is 36. The van der Waals surface area contributed by atoms with Crippen LogP contribution < -0.4 is 12.3 Å². The van der Waals surface area contributed by atoms with Gasteiger partial charge in [0, 0.05) is 14.2 Å². The minimum Gasteiger partial charge on any atom is -0.412 e. The Kier molecular flexibility index (Phi) is 57.6. The SMILES string of the molecule is CO.CO.N.N.O.O=C([CH-]C(=O)C(F)(F)F)C(F)(F)F.O=C([CH-]C(=O)C(F)(F)F)C(F)(F)F.O=C([CH-]C(=O)C(F)(F)F)C(F)(F)F.O=C([CH-]C(=O)C(F)(F)F)C(F)(F)F.O=C([CH-]C(=O)C(F)(F)F)C(F)(F)F.O=C([CH-]C(=O)C(F)(F)F)C(F)(F)F.[Yb+3].[Yb+3]. The van der Waals surface area contributed by atoms with E-state index >= 15 is 0 Å². The van der Waals surface area contributed by atoms with Gasteiger partial charge in [0.25, 0.3) is 0 Å². The van der Waals surface area contributed by atoms with Gasteiger partial charge in [-0.05, 0) is 0 Å². The van der Waals surface area contributed by atoms with Crippen LogP contribution in [-0.4, -0.2) is 173 Å². The summed E-state index contributed by atoms with van der Waals surface area (Å²) in [5.74, 6) is -33.9. The van der Waals surface area contributed by atoms with Crippen molar-refractivity contribution in [2.24, 2.45) is 0 Å². The summed E-state index contributed by atoms with van der Waals surface area (Å²) < 4.78 is 407. The molecule has 17 nitrogen and oxygen atoms in total. The fourth-order valence-electron chi connectivity index (χ4n) is 1.70. The van der Waals surface area contributed by atoms with Gasteiger partial charge >= 0.3 is 168 Å². The first kappa shape index (κ1) is 114. The van der Waals surface area contributed by atoms with Gasteiger partial charge in [-0.3, -0.25) is 0 Å². The summed E-state index contributed by atoms with van der Waals surface area (Å²) >= 11 is 0. The maximum absolute atomic E-state index is 11.3. The maximum atomic E-state index is 11.3. The molecule has 0 aliphatic rings. The maximum Gasteiger partial charge on any atom is 3.00 e. The van der Waals surface area contributed by atoms with Gasteiger partial charge in [-0.15, -0.1) is 0 Å². The first-order valence-electron chi connectivity index (χ1n) is 16.6. The van der Waals surface area contributed by atoms with Gasteiger partial charge in [0.2, 0.25) is 0 Å². The van der Waals surface area contributed by atoms with E-state index in [4.69, 9.17) is 10.2 Å². The molecule has 0 aliphatic heterocycles. The molecular formula is C32H22F36N2O15Yb2. The van der Waals surface area contributed by atoms with Gasteiger partial charge in [-0.2, -0.15) is 158 Å². The number of halogens is 36. The van der Waals surface area contributed by atoms with Crippen molar-refractivity contribution in [1.82, 2.24) is 12.3 Å². The Balaban J connectivity index is -0.0000000670. The molecule has 55 heteroatoms. The van der Waals surface area contributed by atoms with E-state index in [1.165, 1.54) is 0 Å². The third-order valence-corrected chi connectivity index (χ3v) is 4.93. The molecule has 0 atom stereocenters. The molecule has 2 radical (unpaired) electrons. The average Bonchev–Trinajstić information content (AvgIpc) is 3.22. The van der Waals surface area contributed by atoms with Gasteiger partial charge in [0.15, 0.2) is 0 Å². The molecule has 530 valence electrons. The minimum absolute atomic E-state index is 0. The van der Waals surface area contributed by atoms with Crippen LogP contribution in [0, 0.1) is 132 Å². The zero-order chi connectivity index (χ0) is 69.2. The minimum atomic E-state index is -5.46. The van der Waals surface area contributed by atoms with E-state index in [1.807, 2.05) is 0 Å². The molecule has 10 N–H and O–H groups in total. The van der Waals surface area contributed by atoms with E-state index in [-0.39, 0.29) is 112 Å². The Bertz CT molecular complexity index is 1630. The third-order valence-electron chi connectivity index (χ3n) is 4.93. The second-order valence-electron chi connectivity index (χ2n) is 11.2. The van der Waals surface area contributed by atoms with Crippen molar-refractivity contribution in [3.63, 3.8) is 0 Å². The monoisotopic (exact) mass is 1710 g/mol. The van der Waals surface area contributed by atoms with E-state index in [0.29, 0.717) is 0 Å². The largest absolute Gasteiger partial charge is 3.00 e. The van der Waals surface area contributed by atoms with Crippen LogP contribution in [0.5, 0.6) is 0 Å². The van der Waals surface area contributed by atoms with Crippen LogP contribution in [0.3, 0.4) is 0 Å². The smallest absolute Gasteiger partial charge is 0.412 e. The van der Waals surface area contributed by atoms with Crippen LogP contribution in [0.2, 0.25) is 0 Å². The van der Waals surface area contributed by atoms with Crippen molar-refractivity contribution in [2.75, 3.05) is 14.2 Å². The topological polar surface area (TPSA) is 347 Å². The molecule has 0 saturated carbocycles. The summed E-state index contributed by atoms with van der Waals surface area (Å²) in [6.07, 6.45) is -71.7. The molecule has 0 heterocycles. The van der Waals surface area contributed by atoms with Crippen LogP contribution in [0.4, 0.5) is 158 Å². The molecule has 0 bridgehead atoms. The molecule has 0 saturated heterocycles. The number of aliphatic hydroxyl groups is 2. The molecular weight excluding hydrogens is 1680 g/mol. The van der Waals surface area contributed by atoms with Crippen LogP contribution in [0.15, 0.2) is 0 Å². The molecule has 0 amide bonds. The summed E-state index contributed by atoms with van der Waals surface area (Å²) in [6.45, 7) is 0. The van der Waals surface area contributed by atoms with E-state index in [0.717, 1.165) is 14.2 Å². The summed E-state index contributed by atoms with van der Waals surface area (Å²) in [4.78, 5) is 118. The molecule has 87 heavy (non-hydrogen) atoms. The van der Waals surface area contributed by atoms with Crippen molar-refractivity contribution >= 4 is 69.4 Å². The average molecular weight is 1700 g/mol. The number of hydrogen-bond acceptors (Lipinski definition) is 16. The Hall–Kier alpha value is -4.42. The van der Waals surface area contributed by atoms with Crippen molar-refractivity contribution < 1.29 is 325 Å². The van der Waals surface area contributed by atoms with Crippen LogP contribution in [0.25, 0.3) is 0 Å². The van der Waals surface area contributed by atoms with E-state index in [1.54, 1.807) is 0 Å². The Morgan fingerprint density at radius 3 is 0.241 bits per heavy atom. The van der Waals surface area contributed by atoms with Crippen LogP contribution in [-0.2, 0) is 57.5 Å². The second kappa shape index (κ2) is 44.1. The second-order valence-corrected chi connectivity index (χ2v) is 11.2. The Morgan fingerprint density at radius 1 is 0.184 bits per heavy atom. The van der Waals surface area contributed by atoms with Gasteiger partial charge in [-0.1, -0.05) is 0 Å². The number of rotatable bonds is 12.